The Hall–Kier alpha value is -0.980. The number of thiazole rings is 1. The number of aryl methyl sites for hydroxylation is 1. The number of hydrogen-bond donors (Lipinski definition) is 0. The molecule has 2 saturated heterocycles. The Morgan fingerprint density at radius 1 is 1.33 bits per heavy atom. The minimum absolute atomic E-state index is 0.297. The van der Waals surface area contributed by atoms with Crippen LogP contribution in [0.2, 0.25) is 0 Å². The second-order valence-electron chi connectivity index (χ2n) is 6.77. The number of ether oxygens (including phenoxy) is 1. The molecule has 0 saturated carbocycles. The number of piperazine rings is 1. The number of nitrogens with zero attached hydrogens (tertiary/aromatic N) is 3. The maximum Gasteiger partial charge on any atom is 0.222 e. The van der Waals surface area contributed by atoms with Gasteiger partial charge in [-0.2, -0.15) is 0 Å². The molecule has 1 amide bonds. The van der Waals surface area contributed by atoms with Crippen LogP contribution >= 0.6 is 11.3 Å². The number of amides is 1. The van der Waals surface area contributed by atoms with E-state index in [2.05, 4.69) is 22.2 Å². The molecule has 1 unspecified atom stereocenters. The molecule has 2 fully saturated rings. The van der Waals surface area contributed by atoms with Gasteiger partial charge in [-0.15, -0.1) is 11.3 Å². The zero-order valence-electron chi connectivity index (χ0n) is 14.7. The van der Waals surface area contributed by atoms with E-state index in [1.165, 1.54) is 23.5 Å². The summed E-state index contributed by atoms with van der Waals surface area (Å²) in [6.45, 7) is 7.51. The number of rotatable bonds is 6. The summed E-state index contributed by atoms with van der Waals surface area (Å²) in [6, 6.07) is 0. The van der Waals surface area contributed by atoms with E-state index in [9.17, 15) is 4.79 Å². The fraction of sp³-hybridized carbons (Fsp3) is 0.778. The molecule has 2 aliphatic rings. The van der Waals surface area contributed by atoms with Crippen LogP contribution in [0.1, 0.15) is 49.7 Å². The molecule has 0 radical (unpaired) electrons. The Morgan fingerprint density at radius 2 is 2.17 bits per heavy atom. The van der Waals surface area contributed by atoms with Gasteiger partial charge in [0.1, 0.15) is 0 Å². The number of carbonyl (C=O) groups is 1. The minimum Gasteiger partial charge on any atom is -0.378 e. The van der Waals surface area contributed by atoms with Crippen LogP contribution in [0.25, 0.3) is 0 Å². The molecule has 2 aliphatic heterocycles. The van der Waals surface area contributed by atoms with E-state index >= 15 is 0 Å². The lowest BCUT2D eigenvalue weighted by Gasteiger charge is -2.34. The number of hydrogen-bond acceptors (Lipinski definition) is 5. The van der Waals surface area contributed by atoms with Crippen molar-refractivity contribution in [2.75, 3.05) is 32.8 Å². The van der Waals surface area contributed by atoms with Crippen LogP contribution in [0.5, 0.6) is 0 Å². The first-order valence-corrected chi connectivity index (χ1v) is 10.2. The molecule has 0 bridgehead atoms. The average Bonchev–Trinajstić information content (AvgIpc) is 3.09. The third-order valence-corrected chi connectivity index (χ3v) is 6.01. The van der Waals surface area contributed by atoms with Crippen molar-refractivity contribution in [3.8, 4) is 0 Å². The summed E-state index contributed by atoms with van der Waals surface area (Å²) in [7, 11) is 0. The monoisotopic (exact) mass is 351 g/mol. The Bertz CT molecular complexity index is 520. The zero-order valence-corrected chi connectivity index (χ0v) is 15.5. The molecule has 0 aromatic carbocycles. The second-order valence-corrected chi connectivity index (χ2v) is 7.71. The molecule has 0 N–H and O–H groups in total. The van der Waals surface area contributed by atoms with Gasteiger partial charge in [0, 0.05) is 51.1 Å². The van der Waals surface area contributed by atoms with Crippen molar-refractivity contribution >= 4 is 17.2 Å². The average molecular weight is 352 g/mol. The Morgan fingerprint density at radius 3 is 2.83 bits per heavy atom. The Balaban J connectivity index is 1.37. The maximum atomic E-state index is 12.4. The van der Waals surface area contributed by atoms with E-state index in [0.717, 1.165) is 58.6 Å². The molecular formula is C18H29N3O2S. The van der Waals surface area contributed by atoms with Crippen molar-refractivity contribution in [1.29, 1.82) is 0 Å². The van der Waals surface area contributed by atoms with Gasteiger partial charge in [-0.25, -0.2) is 4.98 Å². The molecule has 1 atom stereocenters. The van der Waals surface area contributed by atoms with Crippen LogP contribution in [0.4, 0.5) is 0 Å². The summed E-state index contributed by atoms with van der Waals surface area (Å²) in [6.07, 6.45) is 6.38. The van der Waals surface area contributed by atoms with Crippen LogP contribution < -0.4 is 0 Å². The fourth-order valence-corrected chi connectivity index (χ4v) is 4.18. The topological polar surface area (TPSA) is 45.7 Å². The number of carbonyl (C=O) groups excluding carboxylic acids is 1. The Kier molecular flexibility index (Phi) is 6.63. The zero-order chi connectivity index (χ0) is 16.8. The van der Waals surface area contributed by atoms with Crippen molar-refractivity contribution in [2.45, 2.75) is 58.1 Å². The largest absolute Gasteiger partial charge is 0.378 e. The lowest BCUT2D eigenvalue weighted by molar-refractivity contribution is -0.134. The smallest absolute Gasteiger partial charge is 0.222 e. The maximum absolute atomic E-state index is 12.4. The van der Waals surface area contributed by atoms with Crippen LogP contribution in [-0.2, 0) is 22.5 Å². The highest BCUT2D eigenvalue weighted by Gasteiger charge is 2.23. The van der Waals surface area contributed by atoms with E-state index in [4.69, 9.17) is 4.74 Å². The van der Waals surface area contributed by atoms with Crippen molar-refractivity contribution in [1.82, 2.24) is 14.8 Å². The SMILES string of the molecule is CCc1nc(CN2CCN(C(=O)CCC3CCCCO3)CC2)cs1. The predicted molar refractivity (Wildman–Crippen MR) is 96.2 cm³/mol. The summed E-state index contributed by atoms with van der Waals surface area (Å²) in [5.41, 5.74) is 1.17. The lowest BCUT2D eigenvalue weighted by Crippen LogP contribution is -2.48. The van der Waals surface area contributed by atoms with Crippen LogP contribution in [0.3, 0.4) is 0 Å². The number of aromatic nitrogens is 1. The molecule has 0 spiro atoms. The summed E-state index contributed by atoms with van der Waals surface area (Å²) < 4.78 is 5.73. The highest BCUT2D eigenvalue weighted by atomic mass is 32.1. The van der Waals surface area contributed by atoms with Gasteiger partial charge >= 0.3 is 0 Å². The molecule has 3 heterocycles. The second kappa shape index (κ2) is 8.92. The van der Waals surface area contributed by atoms with E-state index in [1.54, 1.807) is 11.3 Å². The highest BCUT2D eigenvalue weighted by molar-refractivity contribution is 7.09. The van der Waals surface area contributed by atoms with E-state index in [-0.39, 0.29) is 0 Å². The van der Waals surface area contributed by atoms with Gasteiger partial charge < -0.3 is 9.64 Å². The van der Waals surface area contributed by atoms with Crippen LogP contribution in [-0.4, -0.2) is 59.6 Å². The first-order chi connectivity index (χ1) is 11.7. The summed E-state index contributed by atoms with van der Waals surface area (Å²) in [5.74, 6) is 0.297. The van der Waals surface area contributed by atoms with Gasteiger partial charge in [-0.05, 0) is 32.1 Å². The predicted octanol–water partition coefficient (Wildman–Crippen LogP) is 2.70. The molecule has 0 aliphatic carbocycles. The van der Waals surface area contributed by atoms with Crippen LogP contribution in [0, 0.1) is 0 Å². The summed E-state index contributed by atoms with van der Waals surface area (Å²) in [4.78, 5) is 21.5. The third-order valence-electron chi connectivity index (χ3n) is 4.97. The molecule has 3 rings (SSSR count). The molecule has 1 aromatic heterocycles. The van der Waals surface area contributed by atoms with Crippen LogP contribution in [0.15, 0.2) is 5.38 Å². The summed E-state index contributed by atoms with van der Waals surface area (Å²) in [5, 5.41) is 3.38. The van der Waals surface area contributed by atoms with Crippen molar-refractivity contribution in [3.63, 3.8) is 0 Å². The standard InChI is InChI=1S/C18H29N3O2S/c1-2-17-19-15(14-24-17)13-20-8-10-21(11-9-20)18(22)7-6-16-5-3-4-12-23-16/h14,16H,2-13H2,1H3. The first kappa shape index (κ1) is 17.8. The summed E-state index contributed by atoms with van der Waals surface area (Å²) >= 11 is 1.75. The van der Waals surface area contributed by atoms with Crippen molar-refractivity contribution in [3.05, 3.63) is 16.1 Å². The van der Waals surface area contributed by atoms with Gasteiger partial charge in [-0.3, -0.25) is 9.69 Å². The third kappa shape index (κ3) is 5.01. The fourth-order valence-electron chi connectivity index (χ4n) is 3.45. The lowest BCUT2D eigenvalue weighted by atomic mass is 10.0. The van der Waals surface area contributed by atoms with Crippen molar-refractivity contribution in [2.24, 2.45) is 0 Å². The molecule has 5 nitrogen and oxygen atoms in total. The van der Waals surface area contributed by atoms with Crippen molar-refractivity contribution < 1.29 is 9.53 Å². The molecule has 134 valence electrons. The van der Waals surface area contributed by atoms with Gasteiger partial charge in [-0.1, -0.05) is 6.92 Å². The molecule has 24 heavy (non-hydrogen) atoms. The first-order valence-electron chi connectivity index (χ1n) is 9.29. The van der Waals surface area contributed by atoms with Gasteiger partial charge in [0.25, 0.3) is 0 Å². The van der Waals surface area contributed by atoms with Gasteiger partial charge in [0.05, 0.1) is 16.8 Å². The normalized spacial score (nSPS) is 22.7. The quantitative estimate of drug-likeness (QED) is 0.790. The highest BCUT2D eigenvalue weighted by Crippen LogP contribution is 2.18. The Labute approximate surface area is 149 Å². The van der Waals surface area contributed by atoms with E-state index in [1.807, 2.05) is 4.90 Å². The van der Waals surface area contributed by atoms with Gasteiger partial charge in [0.15, 0.2) is 0 Å². The molecule has 6 heteroatoms. The van der Waals surface area contributed by atoms with E-state index in [0.29, 0.717) is 18.4 Å². The van der Waals surface area contributed by atoms with Gasteiger partial charge in [0.2, 0.25) is 5.91 Å². The molecule has 1 aromatic rings. The minimum atomic E-state index is 0.297. The molecular weight excluding hydrogens is 322 g/mol. The van der Waals surface area contributed by atoms with E-state index < -0.39 is 0 Å².